The van der Waals surface area contributed by atoms with E-state index >= 15 is 0 Å². The molecule has 20 nitrogen and oxygen atoms in total. The quantitative estimate of drug-likeness (QED) is 0.157. The van der Waals surface area contributed by atoms with Crippen molar-refractivity contribution in [2.45, 2.75) is 170 Å². The third kappa shape index (κ3) is 16.8. The van der Waals surface area contributed by atoms with Gasteiger partial charge in [-0.2, -0.15) is 13.2 Å². The van der Waals surface area contributed by atoms with Crippen molar-refractivity contribution in [1.29, 1.82) is 0 Å². The van der Waals surface area contributed by atoms with Crippen LogP contribution in [0.4, 0.5) is 13.2 Å². The SMILES string of the molecule is CC(C)c1cc(C(=O)N2CCC3(CC2)OCc2ccccc23)no1.Cc1cc(C(=O)N2CCC3(CC2)OCc2ccccc23)no1.O=C(C1Cc2cccc3cccc1c23)N1CCC2(CC1)OCc1ccccc12.O=C(c1cc(-c2ccccc2)c(C(F)(F)F)s1)N1CCC2(CC1)OCc1ccccc12.O=C(c1cc2cc(Cl)ccc2[nH]1)N1CCC2(CC1)OCc1ccccc12. The number of nitrogens with one attached hydrogen (secondary N) is 1. The van der Waals surface area contributed by atoms with E-state index in [4.69, 9.17) is 44.3 Å². The van der Waals surface area contributed by atoms with Crippen LogP contribution in [0.3, 0.4) is 0 Å². The van der Waals surface area contributed by atoms with Crippen molar-refractivity contribution in [3.8, 4) is 11.1 Å². The Bertz CT molecular complexity index is 6470. The molecule has 13 aromatic rings. The van der Waals surface area contributed by atoms with Gasteiger partial charge in [0.1, 0.15) is 22.1 Å². The number of piperidine rings is 5. The normalized spacial score (nSPS) is 19.3. The van der Waals surface area contributed by atoms with Crippen LogP contribution in [0.1, 0.15) is 214 Å². The van der Waals surface area contributed by atoms with E-state index in [1.54, 1.807) is 54.3 Å². The molecule has 14 heterocycles. The molecular weight excluding hydrogens is 1700 g/mol. The molecule has 0 bridgehead atoms. The van der Waals surface area contributed by atoms with Gasteiger partial charge in [-0.15, -0.1) is 11.3 Å². The van der Waals surface area contributed by atoms with Crippen LogP contribution in [0.15, 0.2) is 240 Å². The van der Waals surface area contributed by atoms with E-state index in [0.717, 1.165) is 87.5 Å². The molecule has 1 unspecified atom stereocenters. The molecule has 11 aliphatic rings. The van der Waals surface area contributed by atoms with Crippen molar-refractivity contribution < 1.29 is 69.9 Å². The molecule has 0 saturated carbocycles. The Hall–Kier alpha value is -11.9. The molecule has 1 atom stereocenters. The number of rotatable bonds is 7. The number of aromatic amines is 1. The summed E-state index contributed by atoms with van der Waals surface area (Å²) in [5.41, 5.74) is 16.8. The topological polar surface area (TPSA) is 216 Å². The summed E-state index contributed by atoms with van der Waals surface area (Å²) in [6.07, 6.45) is 4.34. The second-order valence-electron chi connectivity index (χ2n) is 36.5. The largest absolute Gasteiger partial charge is 0.426 e. The lowest BCUT2D eigenvalue weighted by Crippen LogP contribution is -2.46. The predicted molar refractivity (Wildman–Crippen MR) is 491 cm³/mol. The van der Waals surface area contributed by atoms with Gasteiger partial charge < -0.3 is 62.2 Å². The first kappa shape index (κ1) is 87.1. The van der Waals surface area contributed by atoms with Crippen LogP contribution in [0.2, 0.25) is 5.02 Å². The number of halogens is 4. The van der Waals surface area contributed by atoms with Crippen LogP contribution in [0, 0.1) is 6.92 Å². The van der Waals surface area contributed by atoms with Crippen LogP contribution in [-0.4, -0.2) is 135 Å². The third-order valence-electron chi connectivity index (χ3n) is 28.8. The predicted octanol–water partition coefficient (Wildman–Crippen LogP) is 21.2. The monoisotopic (exact) mass is 1800 g/mol. The molecule has 5 saturated heterocycles. The highest BCUT2D eigenvalue weighted by molar-refractivity contribution is 7.14. The van der Waals surface area contributed by atoms with Crippen LogP contribution in [0.5, 0.6) is 0 Å². The third-order valence-corrected chi connectivity index (χ3v) is 30.2. The lowest BCUT2D eigenvalue weighted by Gasteiger charge is -2.40. The molecule has 5 spiro atoms. The van der Waals surface area contributed by atoms with E-state index in [0.29, 0.717) is 143 Å². The van der Waals surface area contributed by atoms with E-state index in [-0.39, 0.29) is 74.2 Å². The maximum atomic E-state index is 13.7. The minimum Gasteiger partial charge on any atom is -0.365 e. The smallest absolute Gasteiger partial charge is 0.365 e. The van der Waals surface area contributed by atoms with Crippen molar-refractivity contribution in [1.82, 2.24) is 39.8 Å². The summed E-state index contributed by atoms with van der Waals surface area (Å²) in [4.78, 5) is 76.5. The molecule has 1 N–H and O–H groups in total. The molecule has 10 aliphatic heterocycles. The molecule has 4 aromatic heterocycles. The fourth-order valence-electron chi connectivity index (χ4n) is 21.6. The zero-order valence-corrected chi connectivity index (χ0v) is 75.0. The van der Waals surface area contributed by atoms with E-state index in [1.165, 1.54) is 83.6 Å². The number of aromatic nitrogens is 3. The number of ether oxygens (including phenoxy) is 5. The van der Waals surface area contributed by atoms with Crippen LogP contribution in [-0.2, 0) is 102 Å². The lowest BCUT2D eigenvalue weighted by atomic mass is 9.83. The number of carbonyl (C=O) groups is 5. The van der Waals surface area contributed by atoms with Crippen molar-refractivity contribution in [3.63, 3.8) is 0 Å². The van der Waals surface area contributed by atoms with Gasteiger partial charge in [0.15, 0.2) is 11.4 Å². The molecular formula is C106H102ClF3N8O12S. The number of carbonyl (C=O) groups excluding carboxylic acids is 5. The second-order valence-corrected chi connectivity index (χ2v) is 38.0. The van der Waals surface area contributed by atoms with Gasteiger partial charge in [-0.1, -0.05) is 224 Å². The summed E-state index contributed by atoms with van der Waals surface area (Å²) >= 11 is 6.57. The van der Waals surface area contributed by atoms with Gasteiger partial charge in [0.2, 0.25) is 5.91 Å². The number of likely N-dealkylation sites (tertiary alicyclic amines) is 5. The van der Waals surface area contributed by atoms with Crippen LogP contribution < -0.4 is 0 Å². The van der Waals surface area contributed by atoms with Gasteiger partial charge in [0.25, 0.3) is 23.6 Å². The van der Waals surface area contributed by atoms with E-state index in [2.05, 4.69) is 160 Å². The Morgan fingerprint density at radius 2 is 0.824 bits per heavy atom. The number of benzene rings is 9. The Morgan fingerprint density at radius 1 is 0.427 bits per heavy atom. The van der Waals surface area contributed by atoms with Crippen molar-refractivity contribution in [3.05, 3.63) is 341 Å². The second kappa shape index (κ2) is 35.7. The molecule has 9 aromatic carbocycles. The van der Waals surface area contributed by atoms with Crippen LogP contribution in [0.25, 0.3) is 32.8 Å². The number of aryl methyl sites for hydroxylation is 1. The van der Waals surface area contributed by atoms with Crippen LogP contribution >= 0.6 is 22.9 Å². The number of hydrogen-bond donors (Lipinski definition) is 1. The average molecular weight is 1800 g/mol. The molecule has 5 amide bonds. The maximum absolute atomic E-state index is 13.7. The number of H-pyrrole nitrogens is 1. The molecule has 131 heavy (non-hydrogen) atoms. The molecule has 5 fully saturated rings. The van der Waals surface area contributed by atoms with E-state index in [1.807, 2.05) is 71.0 Å². The average Bonchev–Trinajstić information content (AvgIpc) is 1.67. The minimum absolute atomic E-state index is 0.0352. The van der Waals surface area contributed by atoms with Crippen molar-refractivity contribution >= 4 is 74.1 Å². The first-order valence-corrected chi connectivity index (χ1v) is 46.8. The molecule has 672 valence electrons. The summed E-state index contributed by atoms with van der Waals surface area (Å²) in [6, 6.07) is 75.4. The Labute approximate surface area is 766 Å². The standard InChI is InChI=1S/C25H23NO2.C24H20F3NO2S.C21H19ClN2O2.C19H22N2O3.C17H18N2O3/c27-24(21-15-18-8-3-6-17-7-4-9-20(21)23(17)18)26-13-11-25(12-14-26)22-10-2-1-5-19(22)16-28-25;25-24(26,27)21-18(16-6-2-1-3-7-16)14-20(31-21)22(29)28-12-10-23(11-13-28)19-9-5-4-8-17(19)15-30-23;22-16-5-6-18-15(11-16)12-19(23-18)20(25)24-9-7-21(8-10-24)17-4-2-1-3-14(17)13-26-21;1-13(2)17-11-16(20-24-17)18(22)21-9-7-19(8-10-21)15-6-4-3-5-14(15)12-23-19;1-12-10-15(18-22-12)16(20)19-8-6-17(7-9-19)14-5-3-2-4-13(14)11-21-17/h1-10,21H,11-16H2;1-9,14H,10-13,15H2;1-6,11-12,23H,7-10,13H2;3-6,11,13H,7-10,12H2,1-2H3;2-5,10H,6-9,11H2,1H3. The highest BCUT2D eigenvalue weighted by atomic mass is 35.5. The van der Waals surface area contributed by atoms with Gasteiger partial charge in [0.05, 0.1) is 71.8 Å². The highest BCUT2D eigenvalue weighted by Gasteiger charge is 2.50. The Morgan fingerprint density at radius 3 is 1.25 bits per heavy atom. The number of hydrogen-bond acceptors (Lipinski definition) is 15. The zero-order valence-electron chi connectivity index (χ0n) is 73.4. The fourth-order valence-corrected chi connectivity index (χ4v) is 22.8. The number of nitrogens with zero attached hydrogens (tertiary/aromatic N) is 7. The summed E-state index contributed by atoms with van der Waals surface area (Å²) in [6.45, 7) is 15.7. The van der Waals surface area contributed by atoms with Gasteiger partial charge >= 0.3 is 6.18 Å². The van der Waals surface area contributed by atoms with Gasteiger partial charge in [-0.25, -0.2) is 0 Å². The summed E-state index contributed by atoms with van der Waals surface area (Å²) in [7, 11) is 0. The summed E-state index contributed by atoms with van der Waals surface area (Å²) in [5, 5.41) is 11.9. The Balaban J connectivity index is 0.000000103. The molecule has 25 heteroatoms. The molecule has 24 rings (SSSR count). The van der Waals surface area contributed by atoms with Crippen molar-refractivity contribution in [2.24, 2.45) is 0 Å². The molecule has 1 aliphatic carbocycles. The van der Waals surface area contributed by atoms with E-state index < -0.39 is 16.7 Å². The summed E-state index contributed by atoms with van der Waals surface area (Å²) in [5.74, 6) is 1.47. The lowest BCUT2D eigenvalue weighted by molar-refractivity contribution is -0.140. The fraction of sp³-hybridized carbons (Fsp3) is 0.349. The summed E-state index contributed by atoms with van der Waals surface area (Å²) < 4.78 is 82.1. The number of amides is 5. The van der Waals surface area contributed by atoms with Crippen molar-refractivity contribution in [2.75, 3.05) is 65.4 Å². The zero-order chi connectivity index (χ0) is 90.0. The highest BCUT2D eigenvalue weighted by Crippen LogP contribution is 2.52. The number of alkyl halides is 3. The minimum atomic E-state index is -4.51. The van der Waals surface area contributed by atoms with Gasteiger partial charge in [-0.3, -0.25) is 24.0 Å². The van der Waals surface area contributed by atoms with Gasteiger partial charge in [0, 0.05) is 105 Å². The number of fused-ring (bicyclic) bond motifs is 11. The maximum Gasteiger partial charge on any atom is 0.426 e. The molecule has 0 radical (unpaired) electrons. The number of thiophene rings is 1. The Kier molecular flexibility index (Phi) is 23.7. The first-order chi connectivity index (χ1) is 63.5. The van der Waals surface area contributed by atoms with Gasteiger partial charge in [-0.05, 0) is 191 Å². The van der Waals surface area contributed by atoms with E-state index in [9.17, 15) is 37.1 Å². The first-order valence-electron chi connectivity index (χ1n) is 45.6.